The lowest BCUT2D eigenvalue weighted by Gasteiger charge is -2.13. The third-order valence-corrected chi connectivity index (χ3v) is 7.00. The molecule has 0 aliphatic carbocycles. The molecule has 0 fully saturated rings. The van der Waals surface area contributed by atoms with E-state index < -0.39 is 21.6 Å². The highest BCUT2D eigenvalue weighted by molar-refractivity contribution is 7.90. The standard InChI is InChI=1S/C18H18FNO5S2/c1-2-25-18(22)16-13-7-8-27(23,24)10-14(13)26-17(16)20-15(21)9-11-3-5-12(19)6-4-11/h3-6H,2,7-10H2,1H3,(H,20,21). The summed E-state index contributed by atoms with van der Waals surface area (Å²) in [6.07, 6.45) is 0.222. The Kier molecular flexibility index (Phi) is 5.61. The van der Waals surface area contributed by atoms with Crippen molar-refractivity contribution in [3.8, 4) is 0 Å². The van der Waals surface area contributed by atoms with Gasteiger partial charge in [-0.1, -0.05) is 12.1 Å². The van der Waals surface area contributed by atoms with Gasteiger partial charge in [0.05, 0.1) is 30.1 Å². The van der Waals surface area contributed by atoms with Crippen LogP contribution < -0.4 is 5.32 Å². The molecule has 0 saturated heterocycles. The van der Waals surface area contributed by atoms with Crippen LogP contribution in [0.5, 0.6) is 0 Å². The lowest BCUT2D eigenvalue weighted by molar-refractivity contribution is -0.115. The van der Waals surface area contributed by atoms with Crippen molar-refractivity contribution in [1.29, 1.82) is 0 Å². The van der Waals surface area contributed by atoms with E-state index in [9.17, 15) is 22.4 Å². The van der Waals surface area contributed by atoms with Gasteiger partial charge in [0, 0.05) is 4.88 Å². The summed E-state index contributed by atoms with van der Waals surface area (Å²) in [6, 6.07) is 5.54. The molecule has 0 bridgehead atoms. The second-order valence-electron chi connectivity index (χ2n) is 6.12. The third kappa shape index (κ3) is 4.54. The number of anilines is 1. The summed E-state index contributed by atoms with van der Waals surface area (Å²) in [5.41, 5.74) is 1.49. The quantitative estimate of drug-likeness (QED) is 0.764. The van der Waals surface area contributed by atoms with Crippen molar-refractivity contribution in [2.75, 3.05) is 17.7 Å². The van der Waals surface area contributed by atoms with Crippen molar-refractivity contribution < 1.29 is 27.1 Å². The normalized spacial score (nSPS) is 15.0. The van der Waals surface area contributed by atoms with Crippen LogP contribution in [0.25, 0.3) is 0 Å². The molecule has 1 aliphatic rings. The third-order valence-electron chi connectivity index (χ3n) is 4.12. The summed E-state index contributed by atoms with van der Waals surface area (Å²) in [5.74, 6) is -1.53. The predicted molar refractivity (Wildman–Crippen MR) is 100 cm³/mol. The van der Waals surface area contributed by atoms with Crippen molar-refractivity contribution in [2.24, 2.45) is 0 Å². The van der Waals surface area contributed by atoms with E-state index in [1.54, 1.807) is 6.92 Å². The molecule has 0 spiro atoms. The summed E-state index contributed by atoms with van der Waals surface area (Å²) in [7, 11) is -3.21. The first-order chi connectivity index (χ1) is 12.8. The van der Waals surface area contributed by atoms with Crippen LogP contribution in [-0.2, 0) is 38.0 Å². The number of esters is 1. The number of sulfone groups is 1. The molecule has 0 atom stereocenters. The molecule has 1 N–H and O–H groups in total. The largest absolute Gasteiger partial charge is 0.462 e. The van der Waals surface area contributed by atoms with Crippen molar-refractivity contribution in [3.05, 3.63) is 51.7 Å². The molecule has 1 aliphatic heterocycles. The van der Waals surface area contributed by atoms with Crippen LogP contribution in [0.4, 0.5) is 9.39 Å². The Morgan fingerprint density at radius 2 is 1.96 bits per heavy atom. The summed E-state index contributed by atoms with van der Waals surface area (Å²) in [5, 5.41) is 2.98. The number of rotatable bonds is 5. The minimum atomic E-state index is -3.21. The van der Waals surface area contributed by atoms with E-state index in [-0.39, 0.29) is 42.4 Å². The van der Waals surface area contributed by atoms with Crippen LogP contribution in [0.1, 0.15) is 33.3 Å². The van der Waals surface area contributed by atoms with Crippen molar-refractivity contribution in [1.82, 2.24) is 0 Å². The van der Waals surface area contributed by atoms with E-state index in [4.69, 9.17) is 4.74 Å². The Bertz CT molecular complexity index is 980. The Labute approximate surface area is 160 Å². The number of halogens is 1. The van der Waals surface area contributed by atoms with Crippen LogP contribution in [0.3, 0.4) is 0 Å². The van der Waals surface area contributed by atoms with Gasteiger partial charge in [0.2, 0.25) is 5.91 Å². The molecule has 3 rings (SSSR count). The molecular weight excluding hydrogens is 393 g/mol. The lowest BCUT2D eigenvalue weighted by atomic mass is 10.1. The van der Waals surface area contributed by atoms with Crippen LogP contribution >= 0.6 is 11.3 Å². The SMILES string of the molecule is CCOC(=O)c1c(NC(=O)Cc2ccc(F)cc2)sc2c1CCS(=O)(=O)C2. The second kappa shape index (κ2) is 7.77. The molecule has 0 unspecified atom stereocenters. The van der Waals surface area contributed by atoms with Gasteiger partial charge in [-0.05, 0) is 36.6 Å². The van der Waals surface area contributed by atoms with Crippen LogP contribution in [0.2, 0.25) is 0 Å². The van der Waals surface area contributed by atoms with Crippen LogP contribution in [0, 0.1) is 5.82 Å². The van der Waals surface area contributed by atoms with Gasteiger partial charge in [-0.3, -0.25) is 4.79 Å². The zero-order chi connectivity index (χ0) is 19.6. The number of fused-ring (bicyclic) bond motifs is 1. The van der Waals surface area contributed by atoms with Crippen molar-refractivity contribution >= 4 is 38.1 Å². The molecule has 9 heteroatoms. The number of hydrogen-bond donors (Lipinski definition) is 1. The number of carbonyl (C=O) groups excluding carboxylic acids is 2. The lowest BCUT2D eigenvalue weighted by Crippen LogP contribution is -2.20. The van der Waals surface area contributed by atoms with E-state index in [0.717, 1.165) is 11.3 Å². The first kappa shape index (κ1) is 19.5. The van der Waals surface area contributed by atoms with Gasteiger partial charge in [-0.25, -0.2) is 17.6 Å². The molecule has 6 nitrogen and oxygen atoms in total. The molecule has 0 saturated carbocycles. The minimum absolute atomic E-state index is 0.00338. The number of carbonyl (C=O) groups is 2. The fourth-order valence-electron chi connectivity index (χ4n) is 2.89. The monoisotopic (exact) mass is 411 g/mol. The fourth-order valence-corrected chi connectivity index (χ4v) is 5.94. The van der Waals surface area contributed by atoms with Gasteiger partial charge >= 0.3 is 5.97 Å². The Hall–Kier alpha value is -2.26. The number of nitrogens with one attached hydrogen (secondary N) is 1. The van der Waals surface area contributed by atoms with E-state index >= 15 is 0 Å². The number of benzene rings is 1. The summed E-state index contributed by atoms with van der Waals surface area (Å²) >= 11 is 1.09. The van der Waals surface area contributed by atoms with Gasteiger partial charge in [0.1, 0.15) is 10.8 Å². The Morgan fingerprint density at radius 3 is 2.63 bits per heavy atom. The highest BCUT2D eigenvalue weighted by Gasteiger charge is 2.32. The molecule has 144 valence electrons. The number of amides is 1. The number of hydrogen-bond acceptors (Lipinski definition) is 6. The summed E-state index contributed by atoms with van der Waals surface area (Å²) in [4.78, 5) is 25.3. The van der Waals surface area contributed by atoms with E-state index in [2.05, 4.69) is 5.32 Å². The van der Waals surface area contributed by atoms with Gasteiger partial charge in [0.15, 0.2) is 9.84 Å². The van der Waals surface area contributed by atoms with Crippen molar-refractivity contribution in [2.45, 2.75) is 25.5 Å². The average molecular weight is 411 g/mol. The Morgan fingerprint density at radius 1 is 1.26 bits per heavy atom. The average Bonchev–Trinajstić information content (AvgIpc) is 2.92. The molecule has 1 amide bonds. The predicted octanol–water partition coefficient (Wildman–Crippen LogP) is 2.72. The molecular formula is C18H18FNO5S2. The van der Waals surface area contributed by atoms with E-state index in [1.807, 2.05) is 0 Å². The van der Waals surface area contributed by atoms with Gasteiger partial charge in [-0.2, -0.15) is 0 Å². The smallest absolute Gasteiger partial charge is 0.341 e. The molecule has 1 aromatic heterocycles. The maximum Gasteiger partial charge on any atom is 0.341 e. The summed E-state index contributed by atoms with van der Waals surface area (Å²) < 4.78 is 41.8. The zero-order valence-corrected chi connectivity index (χ0v) is 16.2. The maximum atomic E-state index is 13.0. The van der Waals surface area contributed by atoms with Gasteiger partial charge < -0.3 is 10.1 Å². The molecule has 2 aromatic rings. The minimum Gasteiger partial charge on any atom is -0.462 e. The van der Waals surface area contributed by atoms with Gasteiger partial charge in [-0.15, -0.1) is 11.3 Å². The first-order valence-corrected chi connectivity index (χ1v) is 11.0. The molecule has 1 aromatic carbocycles. The van der Waals surface area contributed by atoms with Crippen LogP contribution in [-0.4, -0.2) is 32.7 Å². The van der Waals surface area contributed by atoms with Crippen LogP contribution in [0.15, 0.2) is 24.3 Å². The molecule has 27 heavy (non-hydrogen) atoms. The van der Waals surface area contributed by atoms with E-state index in [1.165, 1.54) is 24.3 Å². The molecule has 0 radical (unpaired) electrons. The number of thiophene rings is 1. The topological polar surface area (TPSA) is 89.5 Å². The highest BCUT2D eigenvalue weighted by Crippen LogP contribution is 2.38. The first-order valence-electron chi connectivity index (χ1n) is 8.35. The summed E-state index contributed by atoms with van der Waals surface area (Å²) in [6.45, 7) is 1.85. The van der Waals surface area contributed by atoms with Crippen molar-refractivity contribution in [3.63, 3.8) is 0 Å². The maximum absolute atomic E-state index is 13.0. The molecule has 2 heterocycles. The second-order valence-corrected chi connectivity index (χ2v) is 9.41. The van der Waals surface area contributed by atoms with Gasteiger partial charge in [0.25, 0.3) is 0 Å². The fraction of sp³-hybridized carbons (Fsp3) is 0.333. The van der Waals surface area contributed by atoms with E-state index in [0.29, 0.717) is 21.0 Å². The Balaban J connectivity index is 1.87. The zero-order valence-electron chi connectivity index (χ0n) is 14.6. The number of ether oxygens (including phenoxy) is 1. The highest BCUT2D eigenvalue weighted by atomic mass is 32.2.